The first-order chi connectivity index (χ1) is 41.8. The summed E-state index contributed by atoms with van der Waals surface area (Å²) >= 11 is 0. The molecule has 0 aromatic carbocycles. The molecule has 23 heteroatoms. The molecule has 92 heavy (non-hydrogen) atoms. The highest BCUT2D eigenvalue weighted by molar-refractivity contribution is 5.91. The molecule has 0 aliphatic rings. The summed E-state index contributed by atoms with van der Waals surface area (Å²) in [5.41, 5.74) is -6.46. The van der Waals surface area contributed by atoms with E-state index < -0.39 is 92.2 Å². The van der Waals surface area contributed by atoms with Crippen LogP contribution < -0.4 is 0 Å². The van der Waals surface area contributed by atoms with Crippen molar-refractivity contribution in [3.63, 3.8) is 0 Å². The average Bonchev–Trinajstić information content (AvgIpc) is 0.789. The molecule has 0 radical (unpaired) electrons. The van der Waals surface area contributed by atoms with Gasteiger partial charge in [-0.1, -0.05) is 67.9 Å². The fourth-order valence-electron chi connectivity index (χ4n) is 8.63. The van der Waals surface area contributed by atoms with Crippen LogP contribution in [0.25, 0.3) is 0 Å². The number of carbonyl (C=O) groups excluding carboxylic acids is 10. The highest BCUT2D eigenvalue weighted by Gasteiger charge is 2.54. The van der Waals surface area contributed by atoms with Crippen molar-refractivity contribution in [1.29, 1.82) is 0 Å². The van der Waals surface area contributed by atoms with Gasteiger partial charge >= 0.3 is 65.7 Å². The number of ether oxygens (including phenoxy) is 9. The molecule has 0 saturated heterocycles. The summed E-state index contributed by atoms with van der Waals surface area (Å²) in [5, 5.41) is 0. The van der Waals surface area contributed by atoms with Gasteiger partial charge in [0.1, 0.15) is 25.6 Å². The minimum atomic E-state index is -2.54. The average molecular weight is 1310 g/mol. The normalized spacial score (nSPS) is 14.3. The molecule has 0 N–H and O–H groups in total. The quantitative estimate of drug-likeness (QED) is 0.0239. The third-order valence-electron chi connectivity index (χ3n) is 15.2. The van der Waals surface area contributed by atoms with Gasteiger partial charge < -0.3 is 62.2 Å². The first-order valence-corrected chi connectivity index (χ1v) is 31.5. The van der Waals surface area contributed by atoms with E-state index in [4.69, 9.17) is 42.6 Å². The van der Waals surface area contributed by atoms with Gasteiger partial charge in [0.15, 0.2) is 0 Å². The second-order valence-corrected chi connectivity index (χ2v) is 27.6. The summed E-state index contributed by atoms with van der Waals surface area (Å²) in [4.78, 5) is 137. The Morgan fingerprint density at radius 3 is 0.859 bits per heavy atom. The Kier molecular flexibility index (Phi) is 39.1. The van der Waals surface area contributed by atoms with E-state index in [1.54, 1.807) is 83.1 Å². The Labute approximate surface area is 551 Å². The van der Waals surface area contributed by atoms with Crippen LogP contribution in [-0.2, 0) is 90.6 Å². The highest BCUT2D eigenvalue weighted by atomic mass is 16.9. The molecule has 0 rings (SSSR count). The molecule has 530 valence electrons. The summed E-state index contributed by atoms with van der Waals surface area (Å²) in [6.45, 7) is 46.6. The van der Waals surface area contributed by atoms with Gasteiger partial charge in [0.25, 0.3) is 0 Å². The van der Waals surface area contributed by atoms with Crippen molar-refractivity contribution in [3.05, 3.63) is 48.6 Å². The molecule has 0 aromatic rings. The van der Waals surface area contributed by atoms with Crippen LogP contribution in [0.2, 0.25) is 0 Å². The Bertz CT molecular complexity index is 2390. The Morgan fingerprint density at radius 1 is 0.326 bits per heavy atom. The summed E-state index contributed by atoms with van der Waals surface area (Å²) < 4.78 is 49.3. The van der Waals surface area contributed by atoms with E-state index in [9.17, 15) is 47.9 Å². The molecular formula is C69H120N4O19. The van der Waals surface area contributed by atoms with Gasteiger partial charge in [-0.15, -0.1) is 0 Å². The van der Waals surface area contributed by atoms with E-state index in [0.29, 0.717) is 44.5 Å². The standard InChI is InChI=1S/C46H85N3O11.C15H20O6.C8H15NO2/c1-20-43(11,34(50)25-24-26-47(14)15)31-42(9,10)37(53)58-46(23-4,59-38(54)44(12,21-2)32-40(5,6)35(51)56-29-27-48(16)17)60-39(55)45(13,22-3)33-41(7,8)36(52)57-30-28-49(18)19;1-8-15(19-12(16)9(2)3,20-13(17)10(4)5)21-14(18)11(6)7;1-7(2)8(10)11-6-5-9(3)4/h20-33H2,1-19H3;2,4,6,8H2,1,3,5,7H3;1,5-6H2,2-4H3. The highest BCUT2D eigenvalue weighted by Crippen LogP contribution is 2.45. The molecule has 0 spiro atoms. The second-order valence-electron chi connectivity index (χ2n) is 27.6. The Balaban J connectivity index is -0.00000200. The lowest BCUT2D eigenvalue weighted by Gasteiger charge is -2.41. The predicted molar refractivity (Wildman–Crippen MR) is 354 cm³/mol. The molecule has 0 bridgehead atoms. The number of esters is 9. The number of carbonyl (C=O) groups is 10. The molecule has 0 aromatic heterocycles. The van der Waals surface area contributed by atoms with E-state index in [1.807, 2.05) is 89.8 Å². The molecule has 23 nitrogen and oxygen atoms in total. The maximum atomic E-state index is 14.5. The zero-order valence-corrected chi connectivity index (χ0v) is 61.4. The molecule has 0 aliphatic carbocycles. The Morgan fingerprint density at radius 2 is 0.587 bits per heavy atom. The molecule has 0 amide bonds. The van der Waals surface area contributed by atoms with Gasteiger partial charge in [-0.2, -0.15) is 0 Å². The number of nitrogens with zero attached hydrogens (tertiary/aromatic N) is 4. The van der Waals surface area contributed by atoms with Crippen molar-refractivity contribution in [2.75, 3.05) is 102 Å². The van der Waals surface area contributed by atoms with Crippen LogP contribution in [0.5, 0.6) is 0 Å². The van der Waals surface area contributed by atoms with Gasteiger partial charge in [0, 0.05) is 53.8 Å². The molecule has 0 fully saturated rings. The van der Waals surface area contributed by atoms with Crippen molar-refractivity contribution in [1.82, 2.24) is 19.6 Å². The summed E-state index contributed by atoms with van der Waals surface area (Å²) in [6, 6.07) is 0. The van der Waals surface area contributed by atoms with Gasteiger partial charge in [0.2, 0.25) is 0 Å². The Hall–Kier alpha value is -6.30. The molecule has 3 unspecified atom stereocenters. The van der Waals surface area contributed by atoms with Crippen molar-refractivity contribution in [2.45, 2.75) is 201 Å². The maximum absolute atomic E-state index is 14.5. The molecule has 3 atom stereocenters. The lowest BCUT2D eigenvalue weighted by atomic mass is 9.69. The first kappa shape index (κ1) is 89.9. The van der Waals surface area contributed by atoms with E-state index in [2.05, 4.69) is 26.3 Å². The third-order valence-corrected chi connectivity index (χ3v) is 15.2. The topological polar surface area (TPSA) is 267 Å². The SMILES string of the molecule is C=C(C)C(=O)OC(CC)(OC(=O)C(=C)C)OC(=O)C(=C)C.C=C(C)C(=O)OCCN(C)C.CCC(OC(=O)C(C)(C)CC(C)(CC)C(=O)CCCN(C)C)(OC(=O)C(C)(CC)CC(C)(C)C(=O)OCCN(C)C)OC(=O)C(C)(CC)CC(C)(C)C(=O)OCCN(C)C. The number of Topliss-reactive ketones (excluding diaryl/α,β-unsaturated/α-hetero) is 1. The maximum Gasteiger partial charge on any atom is 0.423 e. The van der Waals surface area contributed by atoms with Crippen LogP contribution in [0.1, 0.15) is 189 Å². The zero-order chi connectivity index (χ0) is 72.8. The largest absolute Gasteiger partial charge is 0.464 e. The van der Waals surface area contributed by atoms with Crippen LogP contribution in [0.3, 0.4) is 0 Å². The van der Waals surface area contributed by atoms with Gasteiger partial charge in [0.05, 0.1) is 39.9 Å². The van der Waals surface area contributed by atoms with Crippen molar-refractivity contribution < 1.29 is 90.6 Å². The molecule has 0 heterocycles. The van der Waals surface area contributed by atoms with Crippen LogP contribution >= 0.6 is 0 Å². The minimum Gasteiger partial charge on any atom is -0.464 e. The number of hydrogen-bond acceptors (Lipinski definition) is 23. The summed E-state index contributed by atoms with van der Waals surface area (Å²) in [7, 11) is 15.2. The van der Waals surface area contributed by atoms with Crippen molar-refractivity contribution >= 4 is 59.5 Å². The van der Waals surface area contributed by atoms with E-state index in [0.717, 1.165) is 13.1 Å². The third kappa shape index (κ3) is 32.5. The first-order valence-electron chi connectivity index (χ1n) is 31.5. The van der Waals surface area contributed by atoms with E-state index in [1.165, 1.54) is 27.7 Å². The number of likely N-dealkylation sites (N-methyl/N-ethyl adjacent to an activating group) is 3. The minimum absolute atomic E-state index is 0.00486. The van der Waals surface area contributed by atoms with Crippen LogP contribution in [-0.4, -0.2) is 193 Å². The van der Waals surface area contributed by atoms with E-state index >= 15 is 0 Å². The lowest BCUT2D eigenvalue weighted by molar-refractivity contribution is -0.341. The van der Waals surface area contributed by atoms with Crippen LogP contribution in [0, 0.1) is 32.5 Å². The van der Waals surface area contributed by atoms with Crippen LogP contribution in [0.4, 0.5) is 0 Å². The van der Waals surface area contributed by atoms with Gasteiger partial charge in [-0.05, 0) is 191 Å². The number of ketones is 1. The smallest absolute Gasteiger partial charge is 0.423 e. The van der Waals surface area contributed by atoms with Gasteiger partial charge in [-0.25, -0.2) is 19.2 Å². The zero-order valence-electron chi connectivity index (χ0n) is 61.4. The van der Waals surface area contributed by atoms with Crippen LogP contribution in [0.15, 0.2) is 48.6 Å². The fraction of sp³-hybridized carbons (Fsp3) is 0.739. The van der Waals surface area contributed by atoms with Crippen molar-refractivity contribution in [3.8, 4) is 0 Å². The van der Waals surface area contributed by atoms with Crippen molar-refractivity contribution in [2.24, 2.45) is 32.5 Å². The summed E-state index contributed by atoms with van der Waals surface area (Å²) in [6.07, 6.45) is 1.64. The predicted octanol–water partition coefficient (Wildman–Crippen LogP) is 10.4. The molecular weight excluding hydrogens is 1190 g/mol. The monoisotopic (exact) mass is 1310 g/mol. The number of hydrogen-bond donors (Lipinski definition) is 0. The lowest BCUT2D eigenvalue weighted by Crippen LogP contribution is -2.52. The van der Waals surface area contributed by atoms with E-state index in [-0.39, 0.29) is 86.6 Å². The second kappa shape index (κ2) is 40.1. The number of rotatable bonds is 40. The summed E-state index contributed by atoms with van der Waals surface area (Å²) in [5.74, 6) is -11.1. The fourth-order valence-corrected chi connectivity index (χ4v) is 8.63. The molecule has 0 saturated carbocycles. The van der Waals surface area contributed by atoms with Gasteiger partial charge in [-0.3, -0.25) is 28.8 Å². The molecule has 0 aliphatic heterocycles.